The van der Waals surface area contributed by atoms with Crippen LogP contribution in [-0.4, -0.2) is 89.5 Å². The van der Waals surface area contributed by atoms with Crippen molar-refractivity contribution >= 4 is 0 Å². The summed E-state index contributed by atoms with van der Waals surface area (Å²) < 4.78 is 12.0. The van der Waals surface area contributed by atoms with Crippen LogP contribution in [0.2, 0.25) is 0 Å². The van der Waals surface area contributed by atoms with Gasteiger partial charge in [0.2, 0.25) is 0 Å². The van der Waals surface area contributed by atoms with E-state index in [-0.39, 0.29) is 0 Å². The van der Waals surface area contributed by atoms with Gasteiger partial charge < -0.3 is 29.5 Å². The SMILES string of the molecule is CC1(C)O[C@H]([C@H](O)CN2CCCCC2)[C@@H]([C@H](O)CN2CCCCC2)O1. The van der Waals surface area contributed by atoms with Gasteiger partial charge in [0, 0.05) is 13.1 Å². The van der Waals surface area contributed by atoms with Crippen molar-refractivity contribution in [2.75, 3.05) is 39.3 Å². The molecule has 0 spiro atoms. The predicted molar refractivity (Wildman–Crippen MR) is 96.4 cm³/mol. The molecule has 25 heavy (non-hydrogen) atoms. The average molecular weight is 357 g/mol. The van der Waals surface area contributed by atoms with E-state index in [1.54, 1.807) is 0 Å². The van der Waals surface area contributed by atoms with Crippen LogP contribution >= 0.6 is 0 Å². The first-order chi connectivity index (χ1) is 11.9. The zero-order valence-electron chi connectivity index (χ0n) is 15.9. The van der Waals surface area contributed by atoms with Gasteiger partial charge in [-0.05, 0) is 65.7 Å². The summed E-state index contributed by atoms with van der Waals surface area (Å²) >= 11 is 0. The van der Waals surface area contributed by atoms with Gasteiger partial charge in [0.05, 0.1) is 12.2 Å². The molecule has 3 heterocycles. The maximum absolute atomic E-state index is 10.8. The molecule has 0 saturated carbocycles. The van der Waals surface area contributed by atoms with Crippen LogP contribution in [0.1, 0.15) is 52.4 Å². The highest BCUT2D eigenvalue weighted by Gasteiger charge is 2.48. The summed E-state index contributed by atoms with van der Waals surface area (Å²) in [5, 5.41) is 21.6. The van der Waals surface area contributed by atoms with Gasteiger partial charge in [0.1, 0.15) is 12.2 Å². The fraction of sp³-hybridized carbons (Fsp3) is 1.00. The summed E-state index contributed by atoms with van der Waals surface area (Å²) in [6, 6.07) is 0. The van der Waals surface area contributed by atoms with E-state index in [0.29, 0.717) is 13.1 Å². The van der Waals surface area contributed by atoms with Crippen molar-refractivity contribution in [3.05, 3.63) is 0 Å². The molecule has 3 fully saturated rings. The lowest BCUT2D eigenvalue weighted by atomic mass is 10.0. The number of likely N-dealkylation sites (tertiary alicyclic amines) is 2. The van der Waals surface area contributed by atoms with Crippen LogP contribution in [0.5, 0.6) is 0 Å². The second kappa shape index (κ2) is 8.63. The molecule has 0 radical (unpaired) electrons. The first-order valence-corrected chi connectivity index (χ1v) is 10.1. The molecule has 3 aliphatic heterocycles. The largest absolute Gasteiger partial charge is 0.389 e. The Morgan fingerprint density at radius 2 is 1.12 bits per heavy atom. The highest BCUT2D eigenvalue weighted by atomic mass is 16.8. The average Bonchev–Trinajstić information content (AvgIpc) is 2.93. The molecule has 3 aliphatic rings. The van der Waals surface area contributed by atoms with Gasteiger partial charge in [-0.2, -0.15) is 0 Å². The monoisotopic (exact) mass is 356 g/mol. The van der Waals surface area contributed by atoms with Crippen molar-refractivity contribution in [2.45, 2.75) is 82.6 Å². The molecule has 4 atom stereocenters. The number of piperidine rings is 2. The molecule has 3 rings (SSSR count). The van der Waals surface area contributed by atoms with Crippen molar-refractivity contribution in [3.63, 3.8) is 0 Å². The number of hydrogen-bond donors (Lipinski definition) is 2. The van der Waals surface area contributed by atoms with E-state index in [2.05, 4.69) is 9.80 Å². The van der Waals surface area contributed by atoms with E-state index in [9.17, 15) is 10.2 Å². The molecule has 0 aromatic carbocycles. The van der Waals surface area contributed by atoms with E-state index in [4.69, 9.17) is 9.47 Å². The van der Waals surface area contributed by atoms with Gasteiger partial charge in [0.25, 0.3) is 0 Å². The lowest BCUT2D eigenvalue weighted by Gasteiger charge is -2.34. The molecule has 0 aliphatic carbocycles. The minimum absolute atomic E-state index is 0.475. The molecule has 6 nitrogen and oxygen atoms in total. The Kier molecular flexibility index (Phi) is 6.74. The molecule has 0 bridgehead atoms. The maximum atomic E-state index is 10.8. The standard InChI is InChI=1S/C19H36N2O4/c1-19(2)24-17(15(22)13-20-9-5-3-6-10-20)18(25-19)16(23)14-21-11-7-4-8-12-21/h15-18,22-23H,3-14H2,1-2H3/t15-,16-,17-,18-/m1/s1. The third-order valence-corrected chi connectivity index (χ3v) is 5.71. The number of ether oxygens (including phenoxy) is 2. The van der Waals surface area contributed by atoms with Gasteiger partial charge >= 0.3 is 0 Å². The van der Waals surface area contributed by atoms with Gasteiger partial charge in [-0.1, -0.05) is 12.8 Å². The summed E-state index contributed by atoms with van der Waals surface area (Å²) in [6.45, 7) is 9.06. The summed E-state index contributed by atoms with van der Waals surface area (Å²) in [7, 11) is 0. The van der Waals surface area contributed by atoms with Crippen molar-refractivity contribution in [1.82, 2.24) is 9.80 Å². The Labute approximate surface area is 152 Å². The number of β-amino-alcohol motifs (C(OH)–C–C–N with tert-alkyl or cyclic N) is 2. The maximum Gasteiger partial charge on any atom is 0.164 e. The summed E-state index contributed by atoms with van der Waals surface area (Å²) in [5.41, 5.74) is 0. The molecule has 2 N–H and O–H groups in total. The van der Waals surface area contributed by atoms with Crippen LogP contribution in [0.4, 0.5) is 0 Å². The first kappa shape index (κ1) is 19.5. The normalized spacial score (nSPS) is 34.1. The van der Waals surface area contributed by atoms with Crippen molar-refractivity contribution in [3.8, 4) is 0 Å². The van der Waals surface area contributed by atoms with E-state index in [0.717, 1.165) is 26.2 Å². The van der Waals surface area contributed by atoms with Crippen molar-refractivity contribution in [1.29, 1.82) is 0 Å². The topological polar surface area (TPSA) is 65.4 Å². The van der Waals surface area contributed by atoms with Crippen molar-refractivity contribution in [2.24, 2.45) is 0 Å². The van der Waals surface area contributed by atoms with E-state index >= 15 is 0 Å². The summed E-state index contributed by atoms with van der Waals surface area (Å²) in [6.07, 6.45) is 5.11. The molecule has 0 unspecified atom stereocenters. The van der Waals surface area contributed by atoms with Crippen molar-refractivity contribution < 1.29 is 19.7 Å². The molecule has 0 aromatic heterocycles. The molecular formula is C19H36N2O4. The Morgan fingerprint density at radius 3 is 1.48 bits per heavy atom. The third kappa shape index (κ3) is 5.37. The molecule has 0 amide bonds. The fourth-order valence-corrected chi connectivity index (χ4v) is 4.43. The number of aliphatic hydroxyl groups is 2. The Balaban J connectivity index is 1.58. The van der Waals surface area contributed by atoms with E-state index < -0.39 is 30.2 Å². The quantitative estimate of drug-likeness (QED) is 0.746. The molecule has 146 valence electrons. The van der Waals surface area contributed by atoms with Gasteiger partial charge in [-0.25, -0.2) is 0 Å². The number of rotatable bonds is 6. The Hall–Kier alpha value is -0.240. The lowest BCUT2D eigenvalue weighted by Crippen LogP contribution is -2.51. The highest BCUT2D eigenvalue weighted by Crippen LogP contribution is 2.32. The highest BCUT2D eigenvalue weighted by molar-refractivity contribution is 4.93. The van der Waals surface area contributed by atoms with E-state index in [1.807, 2.05) is 13.8 Å². The van der Waals surface area contributed by atoms with Gasteiger partial charge in [0.15, 0.2) is 5.79 Å². The van der Waals surface area contributed by atoms with Crippen LogP contribution in [0.15, 0.2) is 0 Å². The summed E-state index contributed by atoms with van der Waals surface area (Å²) in [4.78, 5) is 4.61. The predicted octanol–water partition coefficient (Wildman–Crippen LogP) is 1.20. The molecule has 0 aromatic rings. The van der Waals surface area contributed by atoms with Crippen LogP contribution in [0, 0.1) is 0 Å². The Morgan fingerprint density at radius 1 is 0.760 bits per heavy atom. The van der Waals surface area contributed by atoms with Gasteiger partial charge in [-0.3, -0.25) is 0 Å². The number of hydrogen-bond acceptors (Lipinski definition) is 6. The third-order valence-electron chi connectivity index (χ3n) is 5.71. The first-order valence-electron chi connectivity index (χ1n) is 10.1. The zero-order valence-corrected chi connectivity index (χ0v) is 15.9. The zero-order chi connectivity index (χ0) is 17.9. The Bertz CT molecular complexity index is 372. The molecular weight excluding hydrogens is 320 g/mol. The second-order valence-electron chi connectivity index (χ2n) is 8.42. The summed E-state index contributed by atoms with van der Waals surface area (Å²) in [5.74, 6) is -0.763. The van der Waals surface area contributed by atoms with Crippen LogP contribution in [-0.2, 0) is 9.47 Å². The molecule has 6 heteroatoms. The second-order valence-corrected chi connectivity index (χ2v) is 8.42. The lowest BCUT2D eigenvalue weighted by molar-refractivity contribution is -0.162. The number of aliphatic hydroxyl groups excluding tert-OH is 2. The van der Waals surface area contributed by atoms with Crippen LogP contribution < -0.4 is 0 Å². The van der Waals surface area contributed by atoms with Gasteiger partial charge in [-0.15, -0.1) is 0 Å². The minimum atomic E-state index is -0.763. The van der Waals surface area contributed by atoms with Crippen LogP contribution in [0.3, 0.4) is 0 Å². The van der Waals surface area contributed by atoms with Crippen LogP contribution in [0.25, 0.3) is 0 Å². The number of nitrogens with zero attached hydrogens (tertiary/aromatic N) is 2. The molecule has 3 saturated heterocycles. The smallest absolute Gasteiger partial charge is 0.164 e. The fourth-order valence-electron chi connectivity index (χ4n) is 4.43. The minimum Gasteiger partial charge on any atom is -0.389 e. The van der Waals surface area contributed by atoms with E-state index in [1.165, 1.54) is 38.5 Å².